The van der Waals surface area contributed by atoms with Gasteiger partial charge in [0, 0.05) is 49.3 Å². The fraction of sp³-hybridized carbons (Fsp3) is 0.794. The van der Waals surface area contributed by atoms with E-state index in [0.717, 1.165) is 21.1 Å². The third kappa shape index (κ3) is 21.0. The second-order valence-corrected chi connectivity index (χ2v) is 26.5. The molecule has 23 heteroatoms. The molecule has 1 fully saturated rings. The van der Waals surface area contributed by atoms with Gasteiger partial charge >= 0.3 is 0 Å². The van der Waals surface area contributed by atoms with Crippen LogP contribution in [0.25, 0.3) is 0 Å². The summed E-state index contributed by atoms with van der Waals surface area (Å²) >= 11 is 0. The van der Waals surface area contributed by atoms with Crippen molar-refractivity contribution in [1.29, 1.82) is 0 Å². The van der Waals surface area contributed by atoms with Gasteiger partial charge in [0.05, 0.1) is 6.10 Å². The number of hydrogen-bond donors (Lipinski definition) is 5. The molecule has 11 amide bonds. The minimum Gasteiger partial charge on any atom is -0.390 e. The Labute approximate surface area is 515 Å². The van der Waals surface area contributed by atoms with Gasteiger partial charge in [0.15, 0.2) is 0 Å². The lowest BCUT2D eigenvalue weighted by atomic mass is 9.90. The summed E-state index contributed by atoms with van der Waals surface area (Å²) in [5, 5.41) is 23.1. The van der Waals surface area contributed by atoms with Gasteiger partial charge in [-0.2, -0.15) is 0 Å². The third-order valence-corrected chi connectivity index (χ3v) is 16.5. The van der Waals surface area contributed by atoms with Gasteiger partial charge < -0.3 is 60.7 Å². The van der Waals surface area contributed by atoms with Crippen LogP contribution in [0.15, 0.2) is 12.3 Å². The van der Waals surface area contributed by atoms with Crippen LogP contribution in [0.3, 0.4) is 0 Å². The van der Waals surface area contributed by atoms with Crippen molar-refractivity contribution in [1.82, 2.24) is 55.6 Å². The zero-order chi connectivity index (χ0) is 66.8. The van der Waals surface area contributed by atoms with Crippen molar-refractivity contribution in [3.63, 3.8) is 0 Å². The number of rotatable bonds is 16. The van der Waals surface area contributed by atoms with E-state index in [9.17, 15) is 48.3 Å². The maximum Gasteiger partial charge on any atom is 0.270 e. The summed E-state index contributed by atoms with van der Waals surface area (Å²) in [6.07, 6.45) is 1.02. The Hall–Kier alpha value is -6.13. The molecule has 0 aliphatic carbocycles. The number of nitrogens with zero attached hydrogens (tertiary/aromatic N) is 7. The van der Waals surface area contributed by atoms with Crippen LogP contribution in [-0.2, 0) is 52.7 Å². The molecule has 492 valence electrons. The summed E-state index contributed by atoms with van der Waals surface area (Å²) < 4.78 is 0. The van der Waals surface area contributed by atoms with Gasteiger partial charge in [0.2, 0.25) is 59.1 Å². The zero-order valence-electron chi connectivity index (χ0n) is 56.8. The van der Waals surface area contributed by atoms with E-state index in [1.807, 2.05) is 62.3 Å². The molecular formula is C63H113N11O12. The number of carbonyl (C=O) groups is 11. The molecule has 0 bridgehead atoms. The van der Waals surface area contributed by atoms with Crippen LogP contribution >= 0.6 is 0 Å². The van der Waals surface area contributed by atoms with E-state index in [1.54, 1.807) is 41.5 Å². The van der Waals surface area contributed by atoms with Gasteiger partial charge in [-0.1, -0.05) is 123 Å². The SMILES string of the molecule is C=C1C(=O)N(C)[C@@H](CC(C)C)C(=O)N[C@H](C(C)C)C(=O)N(C)C(CC(C)C)C(=O)N[C@H](C)C(=O)N[C@@H](C)C(=O)N(C)[C@H](CC(C)C)C(=O)N(C)[C@H](CC(C)C)C(=O)N(C)[C@H](C(C)C)C(=O)N(C)[C@H]([C@H](O)[C@H](C)CCCC)C(=O)N[C@H](CC)C(=O)N1C. The Morgan fingerprint density at radius 1 is 0.442 bits per heavy atom. The molecule has 0 aromatic carbocycles. The first-order chi connectivity index (χ1) is 39.6. The first-order valence-electron chi connectivity index (χ1n) is 31.1. The number of likely N-dealkylation sites (N-methyl/N-ethyl adjacent to an activating group) is 7. The molecule has 0 aromatic rings. The van der Waals surface area contributed by atoms with E-state index in [-0.39, 0.29) is 61.5 Å². The van der Waals surface area contributed by atoms with Crippen molar-refractivity contribution < 1.29 is 57.8 Å². The first kappa shape index (κ1) is 77.9. The maximum absolute atomic E-state index is 15.2. The highest BCUT2D eigenvalue weighted by molar-refractivity contribution is 6.02. The van der Waals surface area contributed by atoms with Crippen LogP contribution in [0.2, 0.25) is 0 Å². The number of amides is 11. The molecule has 0 spiro atoms. The second kappa shape index (κ2) is 35.0. The lowest BCUT2D eigenvalue weighted by molar-refractivity contribution is -0.157. The van der Waals surface area contributed by atoms with Crippen LogP contribution in [-0.4, -0.2) is 220 Å². The number of aliphatic hydroxyl groups is 1. The van der Waals surface area contributed by atoms with Crippen LogP contribution in [0.5, 0.6) is 0 Å². The van der Waals surface area contributed by atoms with Crippen molar-refractivity contribution in [3.8, 4) is 0 Å². The first-order valence-corrected chi connectivity index (χ1v) is 31.1. The molecule has 0 aromatic heterocycles. The minimum atomic E-state index is -1.61. The largest absolute Gasteiger partial charge is 0.390 e. The monoisotopic (exact) mass is 1220 g/mol. The van der Waals surface area contributed by atoms with Crippen molar-refractivity contribution in [3.05, 3.63) is 12.3 Å². The van der Waals surface area contributed by atoms with Crippen LogP contribution in [0, 0.1) is 41.4 Å². The standard InChI is InChI=1S/C63H113N11O12/c1-26-28-29-40(15)52(75)51-56(79)66-44(27-2)59(82)68(19)43(18)58(81)69(20)46(31-35(5)6)55(78)67-49(38(11)12)62(85)70(21)45(30-34(3)4)54(77)64-41(16)53(76)65-42(17)57(80)71(22)47(32-36(7)8)60(83)72(23)48(33-37(9)10)61(84)73(24)50(39(13)14)63(86)74(51)25/h34-42,44-52,75H,18,26-33H2,1-17,19-25H3,(H,64,77)(H,65,76)(H,66,79)(H,67,78)/t40-,41-,42+,44-,45?,46+,47-,48-,49-,50-,51-,52-/m1/s1. The van der Waals surface area contributed by atoms with Gasteiger partial charge in [0.25, 0.3) is 5.91 Å². The predicted octanol–water partition coefficient (Wildman–Crippen LogP) is 4.01. The summed E-state index contributed by atoms with van der Waals surface area (Å²) in [6, 6.07) is -12.5. The van der Waals surface area contributed by atoms with Crippen LogP contribution in [0.4, 0.5) is 0 Å². The fourth-order valence-corrected chi connectivity index (χ4v) is 10.9. The molecule has 1 saturated heterocycles. The number of nitrogens with one attached hydrogen (secondary N) is 4. The van der Waals surface area contributed by atoms with E-state index >= 15 is 9.59 Å². The lowest BCUT2D eigenvalue weighted by Gasteiger charge is -2.41. The molecule has 0 saturated carbocycles. The number of aliphatic hydroxyl groups excluding tert-OH is 1. The van der Waals surface area contributed by atoms with E-state index in [1.165, 1.54) is 82.8 Å². The number of carbonyl (C=O) groups excluding carboxylic acids is 11. The van der Waals surface area contributed by atoms with Gasteiger partial charge in [0.1, 0.15) is 66.1 Å². The molecule has 23 nitrogen and oxygen atoms in total. The van der Waals surface area contributed by atoms with Crippen molar-refractivity contribution in [2.24, 2.45) is 41.4 Å². The number of hydrogen-bond acceptors (Lipinski definition) is 12. The van der Waals surface area contributed by atoms with Gasteiger partial charge in [-0.25, -0.2) is 0 Å². The Bertz CT molecular complexity index is 2360. The van der Waals surface area contributed by atoms with Crippen LogP contribution < -0.4 is 21.3 Å². The lowest BCUT2D eigenvalue weighted by Crippen LogP contribution is -2.63. The average molecular weight is 1220 g/mol. The highest BCUT2D eigenvalue weighted by atomic mass is 16.3. The average Bonchev–Trinajstić information content (AvgIpc) is 2.39. The molecule has 1 unspecified atom stereocenters. The van der Waals surface area contributed by atoms with Crippen molar-refractivity contribution in [2.45, 2.75) is 236 Å². The highest BCUT2D eigenvalue weighted by Crippen LogP contribution is 2.26. The quantitative estimate of drug-likeness (QED) is 0.137. The van der Waals surface area contributed by atoms with E-state index in [2.05, 4.69) is 27.8 Å². The summed E-state index contributed by atoms with van der Waals surface area (Å²) in [5.41, 5.74) is -0.355. The Balaban J connectivity index is 4.37. The molecule has 1 aliphatic heterocycles. The Morgan fingerprint density at radius 2 is 0.849 bits per heavy atom. The molecule has 5 N–H and O–H groups in total. The molecular weight excluding hydrogens is 1100 g/mol. The molecule has 0 radical (unpaired) electrons. The highest BCUT2D eigenvalue weighted by Gasteiger charge is 2.46. The predicted molar refractivity (Wildman–Crippen MR) is 333 cm³/mol. The summed E-state index contributed by atoms with van der Waals surface area (Å²) in [6.45, 7) is 34.0. The summed E-state index contributed by atoms with van der Waals surface area (Å²) in [5.74, 6) is -10.1. The van der Waals surface area contributed by atoms with E-state index < -0.39 is 149 Å². The molecule has 1 aliphatic rings. The fourth-order valence-electron chi connectivity index (χ4n) is 10.9. The summed E-state index contributed by atoms with van der Waals surface area (Å²) in [7, 11) is 9.80. The molecule has 1 rings (SSSR count). The molecule has 1 heterocycles. The smallest absolute Gasteiger partial charge is 0.270 e. The normalized spacial score (nSPS) is 26.7. The van der Waals surface area contributed by atoms with E-state index in [4.69, 9.17) is 0 Å². The maximum atomic E-state index is 15.2. The molecule has 86 heavy (non-hydrogen) atoms. The van der Waals surface area contributed by atoms with Gasteiger partial charge in [-0.15, -0.1) is 0 Å². The van der Waals surface area contributed by atoms with Gasteiger partial charge in [-0.3, -0.25) is 52.7 Å². The number of unbranched alkanes of at least 4 members (excludes halogenated alkanes) is 1. The van der Waals surface area contributed by atoms with Crippen molar-refractivity contribution >= 4 is 65.0 Å². The second-order valence-electron chi connectivity index (χ2n) is 26.5. The minimum absolute atomic E-state index is 0.0143. The molecule has 12 atom stereocenters. The Kier molecular flexibility index (Phi) is 31.7. The third-order valence-electron chi connectivity index (χ3n) is 16.5. The van der Waals surface area contributed by atoms with Gasteiger partial charge in [-0.05, 0) is 93.8 Å². The van der Waals surface area contributed by atoms with Crippen molar-refractivity contribution in [2.75, 3.05) is 49.3 Å². The zero-order valence-corrected chi connectivity index (χ0v) is 56.8. The topological polar surface area (TPSA) is 279 Å². The van der Waals surface area contributed by atoms with E-state index in [0.29, 0.717) is 12.8 Å². The Morgan fingerprint density at radius 3 is 1.29 bits per heavy atom. The van der Waals surface area contributed by atoms with Crippen LogP contribution in [0.1, 0.15) is 169 Å². The summed E-state index contributed by atoms with van der Waals surface area (Å²) in [4.78, 5) is 169.